The number of ether oxygens (including phenoxy) is 3. The first kappa shape index (κ1) is 25.7. The maximum Gasteiger partial charge on any atom is 0.210 e. The number of benzene rings is 1. The first-order chi connectivity index (χ1) is 15.7. The Morgan fingerprint density at radius 2 is 1.94 bits per heavy atom. The number of hydrogen-bond acceptors (Lipinski definition) is 7. The summed E-state index contributed by atoms with van der Waals surface area (Å²) in [7, 11) is 0. The van der Waals surface area contributed by atoms with E-state index in [4.69, 9.17) is 14.2 Å². The maximum absolute atomic E-state index is 10.3. The minimum Gasteiger partial charge on any atom is -0.483 e. The molecule has 4 N–H and O–H groups in total. The zero-order chi connectivity index (χ0) is 24.2. The molecule has 2 heterocycles. The lowest BCUT2D eigenvalue weighted by Crippen LogP contribution is -2.57. The summed E-state index contributed by atoms with van der Waals surface area (Å²) in [6.07, 6.45) is 5.18. The normalized spacial score (nSPS) is 31.0. The lowest BCUT2D eigenvalue weighted by molar-refractivity contribution is -0.312. The van der Waals surface area contributed by atoms with Crippen molar-refractivity contribution in [3.05, 3.63) is 41.0 Å². The molecule has 1 aromatic rings. The van der Waals surface area contributed by atoms with Crippen LogP contribution < -0.4 is 9.47 Å². The van der Waals surface area contributed by atoms with Crippen LogP contribution in [0.15, 0.2) is 29.9 Å². The van der Waals surface area contributed by atoms with Gasteiger partial charge in [0, 0.05) is 0 Å². The van der Waals surface area contributed by atoms with Gasteiger partial charge in [-0.05, 0) is 76.3 Å². The van der Waals surface area contributed by atoms with E-state index in [9.17, 15) is 20.4 Å². The summed E-state index contributed by atoms with van der Waals surface area (Å²) in [6, 6.07) is 3.95. The van der Waals surface area contributed by atoms with E-state index in [1.54, 1.807) is 0 Å². The molecule has 2 aliphatic rings. The number of unbranched alkanes of at least 4 members (excludes halogenated alkanes) is 1. The fourth-order valence-corrected chi connectivity index (χ4v) is 4.19. The lowest BCUT2D eigenvalue weighted by Gasteiger charge is -2.40. The fourth-order valence-electron chi connectivity index (χ4n) is 4.19. The van der Waals surface area contributed by atoms with Crippen molar-refractivity contribution in [1.29, 1.82) is 0 Å². The topological polar surface area (TPSA) is 109 Å². The molecule has 0 aromatic heterocycles. The van der Waals surface area contributed by atoms with Crippen LogP contribution in [0, 0.1) is 5.92 Å². The van der Waals surface area contributed by atoms with Crippen molar-refractivity contribution in [2.24, 2.45) is 5.92 Å². The fraction of sp³-hybridized carbons (Fsp3) is 0.615. The van der Waals surface area contributed by atoms with Gasteiger partial charge in [0.05, 0.1) is 24.2 Å². The molecule has 0 aliphatic carbocycles. The van der Waals surface area contributed by atoms with Crippen molar-refractivity contribution in [3.63, 3.8) is 0 Å². The van der Waals surface area contributed by atoms with E-state index in [0.717, 1.165) is 43.2 Å². The lowest BCUT2D eigenvalue weighted by atomic mass is 9.93. The molecule has 2 aliphatic heterocycles. The molecule has 0 spiro atoms. The highest BCUT2D eigenvalue weighted by molar-refractivity contribution is 5.68. The van der Waals surface area contributed by atoms with Crippen LogP contribution in [0.1, 0.15) is 64.5 Å². The van der Waals surface area contributed by atoms with Crippen LogP contribution >= 0.6 is 0 Å². The number of allylic oxidation sites excluding steroid dienone is 2. The van der Waals surface area contributed by atoms with Gasteiger partial charge in [0.2, 0.25) is 6.29 Å². The van der Waals surface area contributed by atoms with Crippen molar-refractivity contribution in [2.45, 2.75) is 90.2 Å². The third-order valence-electron chi connectivity index (χ3n) is 6.28. The highest BCUT2D eigenvalue weighted by Gasteiger charge is 2.45. The van der Waals surface area contributed by atoms with Crippen LogP contribution in [0.25, 0.3) is 6.08 Å². The van der Waals surface area contributed by atoms with Crippen LogP contribution in [0.2, 0.25) is 0 Å². The Balaban J connectivity index is 1.90. The van der Waals surface area contributed by atoms with E-state index in [-0.39, 0.29) is 0 Å². The summed E-state index contributed by atoms with van der Waals surface area (Å²) in [5.74, 6) is 0.278. The summed E-state index contributed by atoms with van der Waals surface area (Å²) in [6.45, 7) is 7.88. The molecular formula is C26H38O7. The quantitative estimate of drug-likeness (QED) is 0.417. The van der Waals surface area contributed by atoms with E-state index in [0.29, 0.717) is 11.5 Å². The van der Waals surface area contributed by atoms with Gasteiger partial charge in [-0.2, -0.15) is 0 Å². The molecular weight excluding hydrogens is 424 g/mol. The van der Waals surface area contributed by atoms with Gasteiger partial charge in [-0.3, -0.25) is 0 Å². The minimum absolute atomic E-state index is 0.453. The largest absolute Gasteiger partial charge is 0.483 e. The third kappa shape index (κ3) is 6.16. The molecule has 0 bridgehead atoms. The van der Waals surface area contributed by atoms with E-state index in [1.807, 2.05) is 24.3 Å². The van der Waals surface area contributed by atoms with Crippen molar-refractivity contribution >= 4 is 6.08 Å². The van der Waals surface area contributed by atoms with Gasteiger partial charge in [-0.25, -0.2) is 0 Å². The molecule has 1 saturated heterocycles. The molecule has 184 valence electrons. The second kappa shape index (κ2) is 11.0. The number of fused-ring (bicyclic) bond motifs is 1. The van der Waals surface area contributed by atoms with E-state index in [2.05, 4.69) is 33.8 Å². The molecule has 7 nitrogen and oxygen atoms in total. The zero-order valence-electron chi connectivity index (χ0n) is 20.0. The first-order valence-electron chi connectivity index (χ1n) is 11.8. The summed E-state index contributed by atoms with van der Waals surface area (Å²) >= 11 is 0. The van der Waals surface area contributed by atoms with E-state index in [1.165, 1.54) is 5.57 Å². The van der Waals surface area contributed by atoms with Crippen molar-refractivity contribution in [1.82, 2.24) is 0 Å². The van der Waals surface area contributed by atoms with Crippen LogP contribution in [0.4, 0.5) is 0 Å². The molecule has 0 radical (unpaired) electrons. The standard InChI is InChI=1S/C26H38O7/c1-5-6-9-17-13-20(31-25-19(15-27)22(28)23(29)24(30)32-25)18-10-12-26(4,33-21(18)14-17)11-7-8-16(2)3/h8,10,12-14,19,22-25,27-30H,5-7,9,11,15H2,1-4H3/t19-,22-,23+,24+,25?,26?/m1/s1. The summed E-state index contributed by atoms with van der Waals surface area (Å²) in [5.41, 5.74) is 2.61. The number of hydrogen-bond donors (Lipinski definition) is 4. The Morgan fingerprint density at radius 3 is 2.61 bits per heavy atom. The third-order valence-corrected chi connectivity index (χ3v) is 6.28. The molecule has 1 fully saturated rings. The number of aryl methyl sites for hydroxylation is 1. The summed E-state index contributed by atoms with van der Waals surface area (Å²) < 4.78 is 17.9. The average Bonchev–Trinajstić information content (AvgIpc) is 2.75. The summed E-state index contributed by atoms with van der Waals surface area (Å²) in [5, 5.41) is 39.9. The van der Waals surface area contributed by atoms with Crippen LogP contribution in [0.3, 0.4) is 0 Å². The molecule has 0 saturated carbocycles. The van der Waals surface area contributed by atoms with Gasteiger partial charge >= 0.3 is 0 Å². The summed E-state index contributed by atoms with van der Waals surface area (Å²) in [4.78, 5) is 0. The van der Waals surface area contributed by atoms with Gasteiger partial charge in [0.1, 0.15) is 23.2 Å². The van der Waals surface area contributed by atoms with Crippen LogP contribution in [-0.4, -0.2) is 57.4 Å². The maximum atomic E-state index is 10.3. The molecule has 1 aromatic carbocycles. The predicted octanol–water partition coefficient (Wildman–Crippen LogP) is 3.32. The van der Waals surface area contributed by atoms with Crippen molar-refractivity contribution in [3.8, 4) is 11.5 Å². The Hall–Kier alpha value is -1.90. The molecule has 33 heavy (non-hydrogen) atoms. The SMILES string of the molecule is CCCCc1cc(OC2O[C@H](O)[C@@H](O)[C@H](O)[C@H]2CO)c2c(c1)OC(C)(CCC=C(C)C)C=C2. The van der Waals surface area contributed by atoms with Crippen LogP contribution in [-0.2, 0) is 11.2 Å². The molecule has 0 amide bonds. The number of aliphatic hydroxyl groups excluding tert-OH is 4. The van der Waals surface area contributed by atoms with Gasteiger partial charge in [-0.15, -0.1) is 0 Å². The molecule has 3 rings (SSSR count). The highest BCUT2D eigenvalue weighted by Crippen LogP contribution is 2.41. The minimum atomic E-state index is -1.61. The smallest absolute Gasteiger partial charge is 0.210 e. The van der Waals surface area contributed by atoms with Gasteiger partial charge in [0.25, 0.3) is 0 Å². The molecule has 2 unspecified atom stereocenters. The number of aliphatic hydroxyl groups is 4. The van der Waals surface area contributed by atoms with Crippen molar-refractivity contribution < 1.29 is 34.6 Å². The van der Waals surface area contributed by atoms with E-state index >= 15 is 0 Å². The first-order valence-corrected chi connectivity index (χ1v) is 11.8. The highest BCUT2D eigenvalue weighted by atomic mass is 16.7. The zero-order valence-corrected chi connectivity index (χ0v) is 20.0. The predicted molar refractivity (Wildman–Crippen MR) is 126 cm³/mol. The van der Waals surface area contributed by atoms with Crippen LogP contribution in [0.5, 0.6) is 11.5 Å². The molecule has 7 heteroatoms. The Morgan fingerprint density at radius 1 is 1.18 bits per heavy atom. The van der Waals surface area contributed by atoms with Gasteiger partial charge in [-0.1, -0.05) is 25.0 Å². The van der Waals surface area contributed by atoms with Crippen molar-refractivity contribution in [2.75, 3.05) is 6.61 Å². The molecule has 6 atom stereocenters. The van der Waals surface area contributed by atoms with Gasteiger partial charge < -0.3 is 34.6 Å². The van der Waals surface area contributed by atoms with E-state index < -0.39 is 42.9 Å². The Kier molecular flexibility index (Phi) is 8.59. The Labute approximate surface area is 196 Å². The average molecular weight is 463 g/mol. The Bertz CT molecular complexity index is 860. The number of rotatable bonds is 9. The monoisotopic (exact) mass is 462 g/mol. The second-order valence-corrected chi connectivity index (χ2v) is 9.52. The second-order valence-electron chi connectivity index (χ2n) is 9.52. The van der Waals surface area contributed by atoms with Gasteiger partial charge in [0.15, 0.2) is 6.29 Å².